The quantitative estimate of drug-likeness (QED) is 0.0582. The second kappa shape index (κ2) is 28.1. The molecule has 7 aromatic heterocycles. The van der Waals surface area contributed by atoms with Crippen molar-refractivity contribution in [3.63, 3.8) is 0 Å². The number of carbonyl (C=O) groups is 1. The van der Waals surface area contributed by atoms with Crippen LogP contribution in [0, 0.1) is 0 Å². The van der Waals surface area contributed by atoms with E-state index in [0.717, 1.165) is 27.6 Å². The average Bonchev–Trinajstić information content (AvgIpc) is 1.68. The number of thiophene rings is 3. The normalized spacial score (nSPS) is 11.7. The number of esters is 1. The highest BCUT2D eigenvalue weighted by atomic mass is 79.9. The van der Waals surface area contributed by atoms with E-state index in [0.29, 0.717) is 79.8 Å². The molecule has 13 aromatic rings. The number of hydrogen-bond acceptors (Lipinski definition) is 16. The molecule has 0 saturated heterocycles. The Kier molecular flexibility index (Phi) is 19.6. The smallest absolute Gasteiger partial charge is 0.426 e. The van der Waals surface area contributed by atoms with E-state index >= 15 is 0 Å². The van der Waals surface area contributed by atoms with Gasteiger partial charge in [-0.25, -0.2) is 4.79 Å². The highest BCUT2D eigenvalue weighted by Gasteiger charge is 2.40. The number of aliphatic hydroxyl groups is 1. The zero-order valence-corrected chi connectivity index (χ0v) is 51.9. The van der Waals surface area contributed by atoms with Crippen LogP contribution < -0.4 is 0 Å². The lowest BCUT2D eigenvalue weighted by Gasteiger charge is -2.07. The summed E-state index contributed by atoms with van der Waals surface area (Å²) in [6, 6.07) is 51.1. The molecule has 13 rings (SSSR count). The van der Waals surface area contributed by atoms with E-state index in [4.69, 9.17) is 23.4 Å². The molecule has 0 saturated carbocycles. The van der Waals surface area contributed by atoms with Gasteiger partial charge in [0.25, 0.3) is 17.7 Å². The number of halogens is 10. The van der Waals surface area contributed by atoms with Gasteiger partial charge in [0, 0.05) is 44.9 Å². The van der Waals surface area contributed by atoms with Crippen molar-refractivity contribution in [2.75, 3.05) is 6.61 Å². The number of aromatic nitrogens is 8. The minimum absolute atomic E-state index is 0.0137. The van der Waals surface area contributed by atoms with Crippen LogP contribution in [0.2, 0.25) is 0 Å². The summed E-state index contributed by atoms with van der Waals surface area (Å²) in [5.41, 5.74) is 6.79. The molecule has 0 atom stereocenters. The minimum Gasteiger partial charge on any atom is -0.462 e. The third-order valence-electron chi connectivity index (χ3n) is 13.6. The minimum atomic E-state index is -4.52. The van der Waals surface area contributed by atoms with Crippen molar-refractivity contribution in [2.45, 2.75) is 43.9 Å². The van der Waals surface area contributed by atoms with E-state index in [9.17, 15) is 44.3 Å². The summed E-state index contributed by atoms with van der Waals surface area (Å²) in [5, 5.41) is 25.8. The lowest BCUT2D eigenvalue weighted by atomic mass is 10.1. The molecule has 0 aliphatic heterocycles. The summed E-state index contributed by atoms with van der Waals surface area (Å²) >= 11 is 5.12. The SMILES string of the molecule is CCOC(=O)c1cnn(Cc2ccc(-c3noc(-c4cc(-c5ccccc5)c(C(F)(F)F)s4)n3)cc2)c1.FC(F)(F)c1sc(-c2nc(-c3ccc(CBr)cc3)no2)cc1-c1ccccc1.OCc1ccc(-c2noc(-c3cc(-c4ccccc4)c(C(F)(F)F)s3)n2)cc1. The first-order chi connectivity index (χ1) is 44.7. The van der Waals surface area contributed by atoms with Gasteiger partial charge in [-0.05, 0) is 58.5 Å². The average molecular weight is 1390 g/mol. The first-order valence-electron chi connectivity index (χ1n) is 27.7. The Morgan fingerprint density at radius 2 is 0.839 bits per heavy atom. The first-order valence-corrected chi connectivity index (χ1v) is 31.3. The van der Waals surface area contributed by atoms with Gasteiger partial charge < -0.3 is 23.4 Å². The Labute approximate surface area is 542 Å². The Morgan fingerprint density at radius 3 is 1.16 bits per heavy atom. The van der Waals surface area contributed by atoms with Gasteiger partial charge in [0.2, 0.25) is 17.5 Å². The molecular formula is C66H44BrF9N8O6S3. The molecule has 0 spiro atoms. The maximum absolute atomic E-state index is 13.7. The predicted octanol–water partition coefficient (Wildman–Crippen LogP) is 19.3. The van der Waals surface area contributed by atoms with Crippen LogP contribution in [0.4, 0.5) is 39.5 Å². The fraction of sp³-hybridized carbons (Fsp3) is 0.121. The highest BCUT2D eigenvalue weighted by Crippen LogP contribution is 2.49. The summed E-state index contributed by atoms with van der Waals surface area (Å²) < 4.78 is 145. The number of nitrogens with zero attached hydrogens (tertiary/aromatic N) is 8. The van der Waals surface area contributed by atoms with Crippen molar-refractivity contribution < 1.29 is 67.7 Å². The van der Waals surface area contributed by atoms with E-state index in [1.165, 1.54) is 24.4 Å². The lowest BCUT2D eigenvalue weighted by molar-refractivity contribution is -0.134. The Hall–Kier alpha value is -9.67. The number of rotatable bonds is 15. The zero-order chi connectivity index (χ0) is 65.4. The molecule has 14 nitrogen and oxygen atoms in total. The molecular weight excluding hydrogens is 1350 g/mol. The zero-order valence-electron chi connectivity index (χ0n) is 47.9. The van der Waals surface area contributed by atoms with E-state index in [1.807, 2.05) is 36.4 Å². The first kappa shape index (κ1) is 64.8. The van der Waals surface area contributed by atoms with Crippen molar-refractivity contribution >= 4 is 55.9 Å². The van der Waals surface area contributed by atoms with Gasteiger partial charge in [0.1, 0.15) is 14.6 Å². The maximum Gasteiger partial charge on any atom is 0.426 e. The molecule has 7 heterocycles. The van der Waals surface area contributed by atoms with Gasteiger partial charge in [-0.1, -0.05) is 195 Å². The van der Waals surface area contributed by atoms with Crippen molar-refractivity contribution in [1.29, 1.82) is 0 Å². The molecule has 0 bridgehead atoms. The van der Waals surface area contributed by atoms with Crippen LogP contribution in [-0.4, -0.2) is 57.9 Å². The van der Waals surface area contributed by atoms with E-state index < -0.39 is 39.1 Å². The second-order valence-corrected chi connectivity index (χ2v) is 23.7. The Morgan fingerprint density at radius 1 is 0.495 bits per heavy atom. The monoisotopic (exact) mass is 1390 g/mol. The molecule has 93 heavy (non-hydrogen) atoms. The summed E-state index contributed by atoms with van der Waals surface area (Å²) in [6.45, 7) is 2.36. The van der Waals surface area contributed by atoms with Crippen molar-refractivity contribution in [1.82, 2.24) is 40.2 Å². The van der Waals surface area contributed by atoms with Crippen LogP contribution in [0.3, 0.4) is 0 Å². The molecule has 1 N–H and O–H groups in total. The van der Waals surface area contributed by atoms with Crippen molar-refractivity contribution in [3.05, 3.63) is 231 Å². The summed E-state index contributed by atoms with van der Waals surface area (Å²) in [7, 11) is 0. The van der Waals surface area contributed by atoms with Gasteiger partial charge in [-0.2, -0.15) is 59.6 Å². The molecule has 0 amide bonds. The molecule has 27 heteroatoms. The van der Waals surface area contributed by atoms with E-state index in [1.54, 1.807) is 145 Å². The number of ether oxygens (including phenoxy) is 1. The third kappa shape index (κ3) is 15.5. The molecule has 0 unspecified atom stereocenters. The standard InChI is InChI=1S/C26H19F3N4O3S.C20H12BrF3N2OS.C20H13F3N2O2S/c1-2-35-25(34)19-13-30-33(15-19)14-16-8-10-18(11-9-16)23-31-24(36-32-23)21-12-20(17-6-4-3-5-7-17)22(37-21)26(27,28)29;21-11-12-6-8-14(9-7-12)18-25-19(27-26-18)16-10-15(13-4-2-1-3-5-13)17(28-16)20(22,23)24;21-20(22,23)17-15(13-4-2-1-3-5-13)10-16(28-17)19-24-18(25-27-19)14-8-6-12(11-26)7-9-14/h3-13,15H,2,14H2,1H3;1-10H,11H2;1-10,26H,11H2. The van der Waals surface area contributed by atoms with Gasteiger partial charge in [0.15, 0.2) is 0 Å². The number of hydrogen-bond donors (Lipinski definition) is 1. The van der Waals surface area contributed by atoms with E-state index in [2.05, 4.69) is 51.5 Å². The van der Waals surface area contributed by atoms with Crippen molar-refractivity contribution in [3.8, 4) is 99.8 Å². The molecule has 0 radical (unpaired) electrons. The van der Waals surface area contributed by atoms with Crippen LogP contribution in [0.25, 0.3) is 99.8 Å². The van der Waals surface area contributed by atoms with Crippen molar-refractivity contribution in [2.24, 2.45) is 0 Å². The van der Waals surface area contributed by atoms with Gasteiger partial charge in [0.05, 0.1) is 46.2 Å². The third-order valence-corrected chi connectivity index (χ3v) is 17.7. The van der Waals surface area contributed by atoms with Crippen LogP contribution in [0.5, 0.6) is 0 Å². The van der Waals surface area contributed by atoms with Crippen LogP contribution >= 0.6 is 49.9 Å². The highest BCUT2D eigenvalue weighted by molar-refractivity contribution is 9.08. The Bertz CT molecular complexity index is 4450. The fourth-order valence-corrected chi connectivity index (χ4v) is 12.4. The topological polar surface area (TPSA) is 181 Å². The fourth-order valence-electron chi connectivity index (χ4n) is 9.16. The van der Waals surface area contributed by atoms with Gasteiger partial charge in [-0.15, -0.1) is 34.0 Å². The molecule has 0 aliphatic carbocycles. The molecule has 472 valence electrons. The number of aliphatic hydroxyl groups excluding tert-OH is 1. The van der Waals surface area contributed by atoms with Crippen LogP contribution in [0.15, 0.2) is 208 Å². The molecule has 0 aliphatic rings. The number of alkyl halides is 10. The number of benzene rings is 6. The van der Waals surface area contributed by atoms with Gasteiger partial charge >= 0.3 is 24.5 Å². The maximum atomic E-state index is 13.7. The molecule has 6 aromatic carbocycles. The summed E-state index contributed by atoms with van der Waals surface area (Å²) in [4.78, 5) is 23.3. The van der Waals surface area contributed by atoms with E-state index in [-0.39, 0.29) is 73.9 Å². The summed E-state index contributed by atoms with van der Waals surface area (Å²) in [5.74, 6) is 0.535. The van der Waals surface area contributed by atoms with Crippen LogP contribution in [-0.2, 0) is 41.7 Å². The number of carbonyl (C=O) groups excluding carboxylic acids is 1. The lowest BCUT2D eigenvalue weighted by Crippen LogP contribution is -2.04. The Balaban J connectivity index is 0.000000145. The van der Waals surface area contributed by atoms with Crippen LogP contribution in [0.1, 0.15) is 48.6 Å². The predicted molar refractivity (Wildman–Crippen MR) is 336 cm³/mol. The second-order valence-electron chi connectivity index (χ2n) is 20.0. The molecule has 0 fully saturated rings. The largest absolute Gasteiger partial charge is 0.462 e. The summed E-state index contributed by atoms with van der Waals surface area (Å²) in [6.07, 6.45) is -10.4. The van der Waals surface area contributed by atoms with Gasteiger partial charge in [-0.3, -0.25) is 4.68 Å².